The Balaban J connectivity index is 1.08. The van der Waals surface area contributed by atoms with E-state index in [1.807, 2.05) is 12.1 Å². The highest BCUT2D eigenvalue weighted by molar-refractivity contribution is 6.11. The van der Waals surface area contributed by atoms with Gasteiger partial charge in [-0.2, -0.15) is 0 Å². The monoisotopic (exact) mass is 778 g/mol. The van der Waals surface area contributed by atoms with Gasteiger partial charge < -0.3 is 13.9 Å². The Labute approximate surface area is 353 Å². The fourth-order valence-electron chi connectivity index (χ4n) is 9.34. The minimum Gasteiger partial charge on any atom is -0.456 e. The molecule has 0 radical (unpaired) electrons. The van der Waals surface area contributed by atoms with Crippen LogP contribution in [0, 0.1) is 0 Å². The zero-order chi connectivity index (χ0) is 40.3. The van der Waals surface area contributed by atoms with Crippen LogP contribution in [0.5, 0.6) is 0 Å². The molecule has 2 heterocycles. The van der Waals surface area contributed by atoms with Crippen molar-refractivity contribution in [2.45, 2.75) is 0 Å². The van der Waals surface area contributed by atoms with Crippen molar-refractivity contribution in [2.75, 3.05) is 4.90 Å². The molecule has 286 valence electrons. The third-order valence-corrected chi connectivity index (χ3v) is 12.1. The minimum absolute atomic E-state index is 0.887. The van der Waals surface area contributed by atoms with Gasteiger partial charge in [0.1, 0.15) is 11.2 Å². The van der Waals surface area contributed by atoms with Gasteiger partial charge in [-0.1, -0.05) is 133 Å². The molecule has 10 aromatic carbocycles. The molecule has 3 nitrogen and oxygen atoms in total. The van der Waals surface area contributed by atoms with Crippen LogP contribution in [0.1, 0.15) is 0 Å². The number of hydrogen-bond acceptors (Lipinski definition) is 2. The average Bonchev–Trinajstić information content (AvgIpc) is 3.87. The maximum absolute atomic E-state index is 6.43. The first-order valence-corrected chi connectivity index (χ1v) is 20.8. The highest BCUT2D eigenvalue weighted by Crippen LogP contribution is 2.44. The van der Waals surface area contributed by atoms with Crippen LogP contribution in [0.2, 0.25) is 0 Å². The van der Waals surface area contributed by atoms with Crippen LogP contribution in [-0.2, 0) is 0 Å². The number of fused-ring (bicyclic) bond motifs is 7. The molecule has 0 aliphatic carbocycles. The van der Waals surface area contributed by atoms with Gasteiger partial charge in [-0.3, -0.25) is 0 Å². The molecule has 61 heavy (non-hydrogen) atoms. The fourth-order valence-corrected chi connectivity index (χ4v) is 9.34. The molecule has 0 amide bonds. The van der Waals surface area contributed by atoms with Gasteiger partial charge in [-0.05, 0) is 136 Å². The Morgan fingerprint density at radius 2 is 0.852 bits per heavy atom. The smallest absolute Gasteiger partial charge is 0.136 e. The van der Waals surface area contributed by atoms with Crippen LogP contribution < -0.4 is 4.90 Å². The maximum Gasteiger partial charge on any atom is 0.136 e. The molecule has 0 aliphatic rings. The average molecular weight is 779 g/mol. The van der Waals surface area contributed by atoms with E-state index in [0.29, 0.717) is 0 Å². The van der Waals surface area contributed by atoms with Crippen LogP contribution >= 0.6 is 0 Å². The summed E-state index contributed by atoms with van der Waals surface area (Å²) < 4.78 is 8.81. The van der Waals surface area contributed by atoms with Gasteiger partial charge in [-0.25, -0.2) is 0 Å². The summed E-state index contributed by atoms with van der Waals surface area (Å²) in [5.41, 5.74) is 15.6. The summed E-state index contributed by atoms with van der Waals surface area (Å²) in [4.78, 5) is 2.36. The lowest BCUT2D eigenvalue weighted by molar-refractivity contribution is 0.669. The molecule has 0 spiro atoms. The number of benzene rings is 10. The van der Waals surface area contributed by atoms with E-state index >= 15 is 0 Å². The summed E-state index contributed by atoms with van der Waals surface area (Å²) in [6, 6.07) is 83.0. The topological polar surface area (TPSA) is 21.3 Å². The number of nitrogens with zero attached hydrogens (tertiary/aromatic N) is 2. The Kier molecular flexibility index (Phi) is 8.17. The lowest BCUT2D eigenvalue weighted by Gasteiger charge is -2.27. The van der Waals surface area contributed by atoms with Crippen molar-refractivity contribution < 1.29 is 4.42 Å². The van der Waals surface area contributed by atoms with Crippen molar-refractivity contribution in [1.29, 1.82) is 0 Å². The van der Waals surface area contributed by atoms with Gasteiger partial charge in [0.05, 0.1) is 16.7 Å². The van der Waals surface area contributed by atoms with E-state index in [4.69, 9.17) is 4.42 Å². The predicted molar refractivity (Wildman–Crippen MR) is 257 cm³/mol. The molecular weight excluding hydrogens is 741 g/mol. The zero-order valence-corrected chi connectivity index (χ0v) is 33.2. The number of rotatable bonds is 7. The molecule has 0 saturated heterocycles. The normalized spacial score (nSPS) is 11.6. The summed E-state index contributed by atoms with van der Waals surface area (Å²) in [6.45, 7) is 0. The van der Waals surface area contributed by atoms with Crippen molar-refractivity contribution >= 4 is 71.6 Å². The predicted octanol–water partition coefficient (Wildman–Crippen LogP) is 16.3. The SMILES string of the molecule is c1ccc(N(c2ccccc2)c2ccc(-c3cc(-c4ccc5c(c4)oc4ccccc45)cc(-c4ccc5c(c4)c4ccccc4n5-c4ccccc4)c3)c3ccccc23)cc1. The zero-order valence-electron chi connectivity index (χ0n) is 33.2. The number of anilines is 3. The molecule has 3 heteroatoms. The van der Waals surface area contributed by atoms with Gasteiger partial charge in [0.15, 0.2) is 0 Å². The molecule has 0 aliphatic heterocycles. The molecular formula is C58H38N2O. The Hall–Kier alpha value is -8.14. The van der Waals surface area contributed by atoms with Gasteiger partial charge in [0.2, 0.25) is 0 Å². The molecule has 0 atom stereocenters. The Morgan fingerprint density at radius 1 is 0.311 bits per heavy atom. The molecule has 0 bridgehead atoms. The van der Waals surface area contributed by atoms with Crippen LogP contribution in [0.3, 0.4) is 0 Å². The summed E-state index contributed by atoms with van der Waals surface area (Å²) in [5.74, 6) is 0. The number of aromatic nitrogens is 1. The van der Waals surface area contributed by atoms with E-state index in [9.17, 15) is 0 Å². The Morgan fingerprint density at radius 3 is 1.59 bits per heavy atom. The number of hydrogen-bond donors (Lipinski definition) is 0. The van der Waals surface area contributed by atoms with Crippen molar-refractivity contribution in [3.8, 4) is 39.1 Å². The lowest BCUT2D eigenvalue weighted by Crippen LogP contribution is -2.10. The summed E-state index contributed by atoms with van der Waals surface area (Å²) in [5, 5.41) is 7.09. The molecule has 12 rings (SSSR count). The van der Waals surface area contributed by atoms with Crippen LogP contribution in [0.15, 0.2) is 235 Å². The van der Waals surface area contributed by atoms with E-state index in [0.717, 1.165) is 72.5 Å². The molecule has 0 unspecified atom stereocenters. The summed E-state index contributed by atoms with van der Waals surface area (Å²) in [6.07, 6.45) is 0. The van der Waals surface area contributed by atoms with Crippen LogP contribution in [0.4, 0.5) is 17.1 Å². The molecule has 2 aromatic heterocycles. The second kappa shape index (κ2) is 14.3. The maximum atomic E-state index is 6.43. The van der Waals surface area contributed by atoms with E-state index in [1.54, 1.807) is 0 Å². The quantitative estimate of drug-likeness (QED) is 0.161. The summed E-state index contributed by atoms with van der Waals surface area (Å²) >= 11 is 0. The van der Waals surface area contributed by atoms with Gasteiger partial charge in [0, 0.05) is 44.0 Å². The fraction of sp³-hybridized carbons (Fsp3) is 0. The van der Waals surface area contributed by atoms with Crippen molar-refractivity contribution in [3.63, 3.8) is 0 Å². The molecule has 0 N–H and O–H groups in total. The van der Waals surface area contributed by atoms with Gasteiger partial charge in [0.25, 0.3) is 0 Å². The molecule has 0 fully saturated rings. The minimum atomic E-state index is 0.887. The van der Waals surface area contributed by atoms with Crippen molar-refractivity contribution in [3.05, 3.63) is 231 Å². The first-order valence-electron chi connectivity index (χ1n) is 20.8. The first-order chi connectivity index (χ1) is 30.2. The van der Waals surface area contributed by atoms with Gasteiger partial charge in [-0.15, -0.1) is 0 Å². The largest absolute Gasteiger partial charge is 0.456 e. The van der Waals surface area contributed by atoms with Crippen molar-refractivity contribution in [1.82, 2.24) is 4.57 Å². The third kappa shape index (κ3) is 5.90. The molecule has 0 saturated carbocycles. The number of para-hydroxylation sites is 5. The van der Waals surface area contributed by atoms with Crippen LogP contribution in [0.25, 0.3) is 93.6 Å². The van der Waals surface area contributed by atoms with Crippen LogP contribution in [-0.4, -0.2) is 4.57 Å². The highest BCUT2D eigenvalue weighted by atomic mass is 16.3. The third-order valence-electron chi connectivity index (χ3n) is 12.1. The number of furan rings is 1. The van der Waals surface area contributed by atoms with E-state index in [1.165, 1.54) is 38.1 Å². The first kappa shape index (κ1) is 34.9. The highest BCUT2D eigenvalue weighted by Gasteiger charge is 2.19. The standard InChI is InChI=1S/C58H38N2O/c1-4-16-44(17-5-1)59(45-18-6-2-7-19-45)55-33-31-47(48-22-10-11-23-49(48)55)43-35-41(34-42(36-43)40-28-30-52-51-25-13-15-27-57(51)61-58(52)38-40)39-29-32-56-53(37-39)50-24-12-14-26-54(50)60(56)46-20-8-3-9-21-46/h1-38H. The van der Waals surface area contributed by atoms with E-state index < -0.39 is 0 Å². The second-order valence-electron chi connectivity index (χ2n) is 15.7. The Bertz CT molecular complexity index is 3540. The van der Waals surface area contributed by atoms with Gasteiger partial charge >= 0.3 is 0 Å². The lowest BCUT2D eigenvalue weighted by atomic mass is 9.90. The van der Waals surface area contributed by atoms with E-state index in [2.05, 4.69) is 228 Å². The second-order valence-corrected chi connectivity index (χ2v) is 15.7. The summed E-state index contributed by atoms with van der Waals surface area (Å²) in [7, 11) is 0. The van der Waals surface area contributed by atoms with E-state index in [-0.39, 0.29) is 0 Å². The molecule has 12 aromatic rings. The van der Waals surface area contributed by atoms with Crippen molar-refractivity contribution in [2.24, 2.45) is 0 Å².